The monoisotopic (exact) mass is 206 g/mol. The lowest BCUT2D eigenvalue weighted by molar-refractivity contribution is 0.515. The van der Waals surface area contributed by atoms with Crippen LogP contribution < -0.4 is 10.6 Å². The molecular weight excluding hydrogens is 184 g/mol. The third-order valence-electron chi connectivity index (χ3n) is 2.49. The molecule has 0 saturated carbocycles. The van der Waals surface area contributed by atoms with Crippen LogP contribution in [0.25, 0.3) is 0 Å². The van der Waals surface area contributed by atoms with E-state index in [1.165, 1.54) is 16.8 Å². The highest BCUT2D eigenvalue weighted by molar-refractivity contribution is 5.49. The van der Waals surface area contributed by atoms with Crippen LogP contribution in [0.2, 0.25) is 0 Å². The van der Waals surface area contributed by atoms with Crippen molar-refractivity contribution in [3.63, 3.8) is 0 Å². The van der Waals surface area contributed by atoms with Gasteiger partial charge in [0.05, 0.1) is 0 Å². The van der Waals surface area contributed by atoms with Gasteiger partial charge in [-0.25, -0.2) is 0 Å². The molecule has 0 spiro atoms. The Hall–Kier alpha value is -1.02. The molecule has 84 valence electrons. The molecule has 0 amide bonds. The van der Waals surface area contributed by atoms with Crippen molar-refractivity contribution < 1.29 is 0 Å². The maximum Gasteiger partial charge on any atom is 0.0363 e. The number of nitrogens with zero attached hydrogens (tertiary/aromatic N) is 1. The number of rotatable bonds is 3. The number of hydrogen-bond acceptors (Lipinski definition) is 2. The molecule has 0 atom stereocenters. The van der Waals surface area contributed by atoms with E-state index >= 15 is 0 Å². The minimum absolute atomic E-state index is 0.135. The van der Waals surface area contributed by atoms with E-state index in [-0.39, 0.29) is 5.54 Å². The second-order valence-electron chi connectivity index (χ2n) is 5.17. The molecule has 0 aliphatic rings. The fourth-order valence-corrected chi connectivity index (χ4v) is 1.65. The van der Waals surface area contributed by atoms with Crippen molar-refractivity contribution in [1.29, 1.82) is 0 Å². The molecule has 0 bridgehead atoms. The van der Waals surface area contributed by atoms with Gasteiger partial charge in [-0.15, -0.1) is 0 Å². The third kappa shape index (κ3) is 3.56. The average Bonchev–Trinajstić information content (AvgIpc) is 2.05. The third-order valence-corrected chi connectivity index (χ3v) is 2.49. The summed E-state index contributed by atoms with van der Waals surface area (Å²) in [6.45, 7) is 6.27. The molecule has 0 aliphatic heterocycles. The molecule has 0 saturated heterocycles. The lowest BCUT2D eigenvalue weighted by atomic mass is 9.93. The molecule has 0 fully saturated rings. The largest absolute Gasteiger partial charge is 0.378 e. The van der Waals surface area contributed by atoms with E-state index < -0.39 is 0 Å². The van der Waals surface area contributed by atoms with Crippen LogP contribution in [0.3, 0.4) is 0 Å². The normalized spacial score (nSPS) is 11.6. The molecule has 0 radical (unpaired) electrons. The second kappa shape index (κ2) is 4.23. The number of aryl methyl sites for hydroxylation is 1. The van der Waals surface area contributed by atoms with Crippen LogP contribution in [-0.4, -0.2) is 19.6 Å². The SMILES string of the molecule is Cc1cc(N(C)C)ccc1CC(C)(C)N. The summed E-state index contributed by atoms with van der Waals surface area (Å²) < 4.78 is 0. The molecule has 0 aromatic heterocycles. The van der Waals surface area contributed by atoms with Crippen molar-refractivity contribution >= 4 is 5.69 Å². The van der Waals surface area contributed by atoms with Crippen LogP contribution in [0.15, 0.2) is 18.2 Å². The van der Waals surface area contributed by atoms with E-state index in [0.717, 1.165) is 6.42 Å². The Morgan fingerprint density at radius 2 is 1.87 bits per heavy atom. The fourth-order valence-electron chi connectivity index (χ4n) is 1.65. The van der Waals surface area contributed by atoms with Crippen molar-refractivity contribution in [2.45, 2.75) is 32.7 Å². The van der Waals surface area contributed by atoms with Crippen molar-refractivity contribution in [2.24, 2.45) is 5.73 Å². The van der Waals surface area contributed by atoms with Gasteiger partial charge in [-0.2, -0.15) is 0 Å². The Bertz CT molecular complexity index is 335. The molecule has 2 N–H and O–H groups in total. The molecule has 1 aromatic carbocycles. The summed E-state index contributed by atoms with van der Waals surface area (Å²) in [6, 6.07) is 6.54. The quantitative estimate of drug-likeness (QED) is 0.822. The van der Waals surface area contributed by atoms with Crippen LogP contribution in [0.4, 0.5) is 5.69 Å². The number of anilines is 1. The van der Waals surface area contributed by atoms with E-state index in [1.54, 1.807) is 0 Å². The Balaban J connectivity index is 2.94. The highest BCUT2D eigenvalue weighted by atomic mass is 15.1. The highest BCUT2D eigenvalue weighted by Gasteiger charge is 2.13. The van der Waals surface area contributed by atoms with Gasteiger partial charge in [0.25, 0.3) is 0 Å². The Kier molecular flexibility index (Phi) is 3.40. The van der Waals surface area contributed by atoms with Crippen LogP contribution in [-0.2, 0) is 6.42 Å². The zero-order valence-corrected chi connectivity index (χ0v) is 10.5. The molecule has 2 heteroatoms. The predicted molar refractivity (Wildman–Crippen MR) is 67.5 cm³/mol. The molecule has 0 unspecified atom stereocenters. The van der Waals surface area contributed by atoms with Crippen LogP contribution >= 0.6 is 0 Å². The second-order valence-corrected chi connectivity index (χ2v) is 5.17. The number of benzene rings is 1. The summed E-state index contributed by atoms with van der Waals surface area (Å²) >= 11 is 0. The maximum atomic E-state index is 6.02. The Morgan fingerprint density at radius 3 is 2.27 bits per heavy atom. The fraction of sp³-hybridized carbons (Fsp3) is 0.538. The van der Waals surface area contributed by atoms with Gasteiger partial charge >= 0.3 is 0 Å². The summed E-state index contributed by atoms with van der Waals surface area (Å²) in [4.78, 5) is 2.12. The van der Waals surface area contributed by atoms with Gasteiger partial charge in [-0.1, -0.05) is 6.07 Å². The van der Waals surface area contributed by atoms with Gasteiger partial charge in [-0.3, -0.25) is 0 Å². The van der Waals surface area contributed by atoms with E-state index in [2.05, 4.69) is 58.0 Å². The summed E-state index contributed by atoms with van der Waals surface area (Å²) in [7, 11) is 4.11. The standard InChI is InChI=1S/C13H22N2/c1-10-8-12(15(4)5)7-6-11(10)9-13(2,3)14/h6-8H,9,14H2,1-5H3. The lowest BCUT2D eigenvalue weighted by Gasteiger charge is -2.21. The van der Waals surface area contributed by atoms with Crippen molar-refractivity contribution in [2.75, 3.05) is 19.0 Å². The van der Waals surface area contributed by atoms with Gasteiger partial charge in [-0.05, 0) is 50.5 Å². The van der Waals surface area contributed by atoms with Crippen molar-refractivity contribution in [1.82, 2.24) is 0 Å². The Morgan fingerprint density at radius 1 is 1.27 bits per heavy atom. The summed E-state index contributed by atoms with van der Waals surface area (Å²) in [5.74, 6) is 0. The first-order valence-electron chi connectivity index (χ1n) is 5.35. The summed E-state index contributed by atoms with van der Waals surface area (Å²) in [5.41, 5.74) is 9.79. The zero-order valence-electron chi connectivity index (χ0n) is 10.5. The minimum Gasteiger partial charge on any atom is -0.378 e. The van der Waals surface area contributed by atoms with Gasteiger partial charge in [0.1, 0.15) is 0 Å². The average molecular weight is 206 g/mol. The maximum absolute atomic E-state index is 6.02. The van der Waals surface area contributed by atoms with E-state index in [0.29, 0.717) is 0 Å². The summed E-state index contributed by atoms with van der Waals surface area (Å²) in [6.07, 6.45) is 0.923. The molecular formula is C13H22N2. The van der Waals surface area contributed by atoms with E-state index in [9.17, 15) is 0 Å². The van der Waals surface area contributed by atoms with E-state index in [1.807, 2.05) is 0 Å². The first-order chi connectivity index (χ1) is 6.79. The van der Waals surface area contributed by atoms with Crippen LogP contribution in [0, 0.1) is 6.92 Å². The predicted octanol–water partition coefficient (Wildman–Crippen LogP) is 2.34. The van der Waals surface area contributed by atoms with Gasteiger partial charge in [0.2, 0.25) is 0 Å². The minimum atomic E-state index is -0.135. The lowest BCUT2D eigenvalue weighted by Crippen LogP contribution is -2.34. The highest BCUT2D eigenvalue weighted by Crippen LogP contribution is 2.20. The molecule has 2 nitrogen and oxygen atoms in total. The summed E-state index contributed by atoms with van der Waals surface area (Å²) in [5, 5.41) is 0. The molecule has 0 aliphatic carbocycles. The van der Waals surface area contributed by atoms with Crippen molar-refractivity contribution in [3.05, 3.63) is 29.3 Å². The number of hydrogen-bond donors (Lipinski definition) is 1. The molecule has 1 aromatic rings. The molecule has 1 rings (SSSR count). The number of nitrogens with two attached hydrogens (primary N) is 1. The molecule has 15 heavy (non-hydrogen) atoms. The Labute approximate surface area is 93.1 Å². The smallest absolute Gasteiger partial charge is 0.0363 e. The zero-order chi connectivity index (χ0) is 11.6. The van der Waals surface area contributed by atoms with Gasteiger partial charge in [0.15, 0.2) is 0 Å². The first-order valence-corrected chi connectivity index (χ1v) is 5.35. The van der Waals surface area contributed by atoms with Gasteiger partial charge < -0.3 is 10.6 Å². The van der Waals surface area contributed by atoms with Crippen LogP contribution in [0.1, 0.15) is 25.0 Å². The van der Waals surface area contributed by atoms with E-state index in [4.69, 9.17) is 5.73 Å². The topological polar surface area (TPSA) is 29.3 Å². The van der Waals surface area contributed by atoms with Crippen LogP contribution in [0.5, 0.6) is 0 Å². The van der Waals surface area contributed by atoms with Gasteiger partial charge in [0, 0.05) is 25.3 Å². The van der Waals surface area contributed by atoms with Crippen molar-refractivity contribution in [3.8, 4) is 0 Å². The molecule has 0 heterocycles. The first kappa shape index (κ1) is 12.1.